The van der Waals surface area contributed by atoms with Crippen molar-refractivity contribution >= 4 is 37.1 Å². The number of carbonyl (C=O) groups excluding carboxylic acids is 1. The second-order valence-electron chi connectivity index (χ2n) is 9.16. The molecule has 1 aliphatic rings. The van der Waals surface area contributed by atoms with Crippen LogP contribution in [0, 0.1) is 0 Å². The molecular formula is C21H34FN7O6P+. The Balaban J connectivity index is 1.75. The molecule has 0 bridgehead atoms. The summed E-state index contributed by atoms with van der Waals surface area (Å²) in [4.78, 5) is 26.6. The number of hydrogen-bond donors (Lipinski definition) is 3. The third-order valence-corrected chi connectivity index (χ3v) is 6.65. The predicted octanol–water partition coefficient (Wildman–Crippen LogP) is 1.84. The van der Waals surface area contributed by atoms with E-state index in [1.165, 1.54) is 24.7 Å². The summed E-state index contributed by atoms with van der Waals surface area (Å²) in [5.41, 5.74) is 4.29. The number of nitrogens with one attached hydrogen (secondary N) is 1. The van der Waals surface area contributed by atoms with Crippen LogP contribution in [0.4, 0.5) is 16.2 Å². The zero-order valence-electron chi connectivity index (χ0n) is 21.2. The van der Waals surface area contributed by atoms with Gasteiger partial charge in [0.2, 0.25) is 5.95 Å². The number of fused-ring (bicyclic) bond motifs is 1. The summed E-state index contributed by atoms with van der Waals surface area (Å²) in [6.45, 7) is 8.35. The van der Waals surface area contributed by atoms with Crippen LogP contribution in [-0.2, 0) is 23.4 Å². The lowest BCUT2D eigenvalue weighted by molar-refractivity contribution is -0.149. The number of esters is 1. The van der Waals surface area contributed by atoms with Crippen molar-refractivity contribution < 1.29 is 32.9 Å². The number of aliphatic hydroxyl groups is 1. The maximum atomic E-state index is 15.7. The highest BCUT2D eigenvalue weighted by Crippen LogP contribution is 2.43. The number of hydrogen-bond acceptors (Lipinski definition) is 11. The van der Waals surface area contributed by atoms with Gasteiger partial charge in [-0.05, 0) is 38.7 Å². The van der Waals surface area contributed by atoms with E-state index in [0.29, 0.717) is 17.9 Å². The normalized spacial score (nSPS) is 25.4. The van der Waals surface area contributed by atoms with E-state index in [9.17, 15) is 14.5 Å². The molecule has 6 atom stereocenters. The minimum Gasteiger partial charge on any atom is -0.462 e. The van der Waals surface area contributed by atoms with Gasteiger partial charge in [-0.2, -0.15) is 9.97 Å². The van der Waals surface area contributed by atoms with Crippen LogP contribution in [-0.4, -0.2) is 80.8 Å². The quantitative estimate of drug-likeness (QED) is 0.285. The van der Waals surface area contributed by atoms with Crippen LogP contribution < -0.4 is 15.7 Å². The molecular weight excluding hydrogens is 496 g/mol. The van der Waals surface area contributed by atoms with Gasteiger partial charge in [-0.25, -0.2) is 9.37 Å². The van der Waals surface area contributed by atoms with Crippen molar-refractivity contribution in [2.24, 2.45) is 0 Å². The Hall–Kier alpha value is -2.51. The molecule has 0 amide bonds. The summed E-state index contributed by atoms with van der Waals surface area (Å²) >= 11 is 0. The fourth-order valence-electron chi connectivity index (χ4n) is 3.87. The Labute approximate surface area is 209 Å². The molecule has 4 N–H and O–H groups in total. The van der Waals surface area contributed by atoms with Crippen molar-refractivity contribution in [3.05, 3.63) is 6.33 Å². The lowest BCUT2D eigenvalue weighted by atomic mass is 9.98. The molecule has 3 rings (SSSR count). The highest BCUT2D eigenvalue weighted by atomic mass is 31.1. The van der Waals surface area contributed by atoms with E-state index < -0.39 is 50.9 Å². The summed E-state index contributed by atoms with van der Waals surface area (Å²) in [6.07, 6.45) is -2.22. The van der Waals surface area contributed by atoms with Gasteiger partial charge in [-0.1, -0.05) is 12.0 Å². The predicted molar refractivity (Wildman–Crippen MR) is 130 cm³/mol. The molecule has 1 unspecified atom stereocenters. The Kier molecular flexibility index (Phi) is 8.78. The molecule has 1 fully saturated rings. The number of nitrogens with two attached hydrogens (primary N) is 1. The van der Waals surface area contributed by atoms with Crippen molar-refractivity contribution in [1.82, 2.24) is 24.6 Å². The van der Waals surface area contributed by atoms with E-state index in [1.807, 2.05) is 18.9 Å². The average molecular weight is 531 g/mol. The van der Waals surface area contributed by atoms with Gasteiger partial charge in [-0.15, -0.1) is 4.52 Å². The van der Waals surface area contributed by atoms with Crippen LogP contribution in [0.15, 0.2) is 6.33 Å². The number of imidazole rings is 1. The van der Waals surface area contributed by atoms with Crippen LogP contribution in [0.1, 0.15) is 47.3 Å². The molecule has 0 radical (unpaired) electrons. The molecule has 15 heteroatoms. The van der Waals surface area contributed by atoms with Crippen molar-refractivity contribution in [2.75, 3.05) is 30.8 Å². The maximum absolute atomic E-state index is 15.7. The number of anilines is 2. The second-order valence-corrected chi connectivity index (χ2v) is 10.2. The Bertz CT molecular complexity index is 1100. The molecule has 0 spiro atoms. The minimum absolute atomic E-state index is 0.0191. The lowest BCUT2D eigenvalue weighted by Crippen LogP contribution is -2.40. The van der Waals surface area contributed by atoms with E-state index in [4.69, 9.17) is 19.7 Å². The third-order valence-electron chi connectivity index (χ3n) is 5.67. The number of alkyl halides is 1. The molecule has 3 heterocycles. The number of rotatable bonds is 11. The standard InChI is InChI=1S/C21H34FN7O6P/c1-7-8-28(6)16-14-17(26-20(23)25-16)29(10-24-14)19-21(5,22)15(30)13(35-19)9-33-36(32)27-12(4)18(31)34-11(2)3/h10-13,15,19,30H,7-9H2,1-6H3,(H,27,32)(H2,23,25,26)/q+1/t12-,13+,15+,19+,21+/m0/s1. The average Bonchev–Trinajstić information content (AvgIpc) is 3.29. The second kappa shape index (κ2) is 11.3. The lowest BCUT2D eigenvalue weighted by Gasteiger charge is -2.24. The van der Waals surface area contributed by atoms with E-state index in [2.05, 4.69) is 20.0 Å². The minimum atomic E-state index is -2.53. The van der Waals surface area contributed by atoms with Gasteiger partial charge >= 0.3 is 14.1 Å². The van der Waals surface area contributed by atoms with Gasteiger partial charge in [0.05, 0.1) is 12.4 Å². The first kappa shape index (κ1) is 28.1. The zero-order chi connectivity index (χ0) is 26.8. The SMILES string of the molecule is CCCN(C)c1nc(N)nc2c1ncn2[C@@H]1O[C@H](CO[P+](=O)N[C@@H](C)C(=O)OC(C)C)[C@@H](O)[C@@]1(C)F. The Morgan fingerprint density at radius 3 is 2.78 bits per heavy atom. The van der Waals surface area contributed by atoms with Gasteiger partial charge in [0.15, 0.2) is 28.9 Å². The topological polar surface area (TPSA) is 167 Å². The van der Waals surface area contributed by atoms with Crippen molar-refractivity contribution in [3.8, 4) is 0 Å². The van der Waals surface area contributed by atoms with Gasteiger partial charge in [0.1, 0.15) is 24.9 Å². The molecule has 2 aromatic rings. The summed E-state index contributed by atoms with van der Waals surface area (Å²) in [7, 11) is -0.689. The number of aromatic nitrogens is 4. The van der Waals surface area contributed by atoms with E-state index in [-0.39, 0.29) is 17.7 Å². The maximum Gasteiger partial charge on any atom is 0.613 e. The van der Waals surface area contributed by atoms with Gasteiger partial charge in [-0.3, -0.25) is 9.36 Å². The third kappa shape index (κ3) is 5.89. The molecule has 1 aliphatic heterocycles. The highest BCUT2D eigenvalue weighted by molar-refractivity contribution is 7.36. The first-order valence-corrected chi connectivity index (χ1v) is 12.8. The van der Waals surface area contributed by atoms with Gasteiger partial charge in [0.25, 0.3) is 0 Å². The number of halogens is 1. The largest absolute Gasteiger partial charge is 0.613 e. The first-order chi connectivity index (χ1) is 16.9. The van der Waals surface area contributed by atoms with Gasteiger partial charge in [0, 0.05) is 13.6 Å². The summed E-state index contributed by atoms with van der Waals surface area (Å²) in [5.74, 6) is -0.123. The molecule has 1 saturated heterocycles. The fraction of sp³-hybridized carbons (Fsp3) is 0.714. The van der Waals surface area contributed by atoms with E-state index in [1.54, 1.807) is 13.8 Å². The highest BCUT2D eigenvalue weighted by Gasteiger charge is 2.56. The molecule has 0 aliphatic carbocycles. The number of carbonyl (C=O) groups is 1. The first-order valence-electron chi connectivity index (χ1n) is 11.7. The Morgan fingerprint density at radius 2 is 2.14 bits per heavy atom. The molecule has 0 aromatic carbocycles. The van der Waals surface area contributed by atoms with Gasteiger partial charge < -0.3 is 25.2 Å². The van der Waals surface area contributed by atoms with E-state index >= 15 is 4.39 Å². The van der Waals surface area contributed by atoms with Crippen molar-refractivity contribution in [1.29, 1.82) is 0 Å². The van der Waals surface area contributed by atoms with Crippen LogP contribution in [0.25, 0.3) is 11.2 Å². The number of aliphatic hydroxyl groups excluding tert-OH is 1. The van der Waals surface area contributed by atoms with Crippen LogP contribution >= 0.6 is 8.18 Å². The Morgan fingerprint density at radius 1 is 1.44 bits per heavy atom. The smallest absolute Gasteiger partial charge is 0.462 e. The molecule has 200 valence electrons. The van der Waals surface area contributed by atoms with Crippen LogP contribution in [0.2, 0.25) is 0 Å². The molecule has 2 aromatic heterocycles. The fourth-order valence-corrected chi connectivity index (χ4v) is 4.65. The van der Waals surface area contributed by atoms with Crippen molar-refractivity contribution in [3.63, 3.8) is 0 Å². The number of nitrogens with zero attached hydrogens (tertiary/aromatic N) is 5. The zero-order valence-corrected chi connectivity index (χ0v) is 22.1. The number of nitrogen functional groups attached to an aromatic ring is 1. The summed E-state index contributed by atoms with van der Waals surface area (Å²) < 4.78 is 45.4. The number of ether oxygens (including phenoxy) is 2. The molecule has 36 heavy (non-hydrogen) atoms. The van der Waals surface area contributed by atoms with E-state index in [0.717, 1.165) is 6.42 Å². The monoisotopic (exact) mass is 530 g/mol. The molecule has 13 nitrogen and oxygen atoms in total. The van der Waals surface area contributed by atoms with Crippen LogP contribution in [0.5, 0.6) is 0 Å². The molecule has 0 saturated carbocycles. The summed E-state index contributed by atoms with van der Waals surface area (Å²) in [5, 5.41) is 13.1. The van der Waals surface area contributed by atoms with Crippen LogP contribution in [0.3, 0.4) is 0 Å². The summed E-state index contributed by atoms with van der Waals surface area (Å²) in [6, 6.07) is -0.896. The van der Waals surface area contributed by atoms with Crippen molar-refractivity contribution in [2.45, 2.75) is 77.3 Å².